The van der Waals surface area contributed by atoms with Crippen LogP contribution in [0.15, 0.2) is 82.2 Å². The molecule has 29 heavy (non-hydrogen) atoms. The molecule has 1 aromatic heterocycles. The first-order valence-electron chi connectivity index (χ1n) is 9.08. The molecule has 0 aliphatic heterocycles. The van der Waals surface area contributed by atoms with Crippen molar-refractivity contribution in [1.82, 2.24) is 0 Å². The molecule has 3 aromatic carbocycles. The van der Waals surface area contributed by atoms with Crippen molar-refractivity contribution in [3.05, 3.63) is 89.3 Å². The molecule has 144 valence electrons. The van der Waals surface area contributed by atoms with Gasteiger partial charge in [-0.15, -0.1) is 0 Å². The maximum absolute atomic E-state index is 11.2. The molecule has 0 saturated heterocycles. The maximum Gasteiger partial charge on any atom is 0.136 e. The molecule has 0 amide bonds. The molecule has 1 heterocycles. The number of hydrogen-bond acceptors (Lipinski definition) is 5. The van der Waals surface area contributed by atoms with E-state index in [0.717, 1.165) is 22.3 Å². The summed E-state index contributed by atoms with van der Waals surface area (Å²) >= 11 is 0. The summed E-state index contributed by atoms with van der Waals surface area (Å²) in [5, 5.41) is 12.7. The Morgan fingerprint density at radius 3 is 2.52 bits per heavy atom. The lowest BCUT2D eigenvalue weighted by Crippen LogP contribution is -2.21. The number of carboxylic acids is 1. The summed E-state index contributed by atoms with van der Waals surface area (Å²) in [6.07, 6.45) is 0. The van der Waals surface area contributed by atoms with E-state index in [2.05, 4.69) is 0 Å². The molecular weight excluding hydrogens is 366 g/mol. The van der Waals surface area contributed by atoms with Crippen LogP contribution in [0, 0.1) is 6.92 Å². The molecule has 0 fully saturated rings. The first-order valence-corrected chi connectivity index (χ1v) is 9.08. The fourth-order valence-electron chi connectivity index (χ4n) is 3.11. The van der Waals surface area contributed by atoms with Crippen LogP contribution < -0.4 is 15.2 Å². The van der Waals surface area contributed by atoms with Crippen molar-refractivity contribution in [2.24, 2.45) is 4.99 Å². The quantitative estimate of drug-likeness (QED) is 0.533. The van der Waals surface area contributed by atoms with Crippen molar-refractivity contribution in [1.29, 1.82) is 0 Å². The van der Waals surface area contributed by atoms with Crippen molar-refractivity contribution in [3.63, 3.8) is 0 Å². The molecule has 0 atom stereocenters. The summed E-state index contributed by atoms with van der Waals surface area (Å²) in [7, 11) is 1.62. The van der Waals surface area contributed by atoms with E-state index >= 15 is 0 Å². The molecule has 0 unspecified atom stereocenters. The third-order valence-corrected chi connectivity index (χ3v) is 4.60. The second-order valence-electron chi connectivity index (χ2n) is 6.67. The molecule has 0 bridgehead atoms. The highest BCUT2D eigenvalue weighted by Gasteiger charge is 2.07. The van der Waals surface area contributed by atoms with Gasteiger partial charge in [-0.05, 0) is 61.0 Å². The number of carboxylic acid groups (broad SMARTS) is 1. The molecule has 5 heteroatoms. The Bertz CT molecular complexity index is 1270. The minimum Gasteiger partial charge on any atom is -0.545 e. The fraction of sp³-hybridized carbons (Fsp3) is 0.0833. The SMILES string of the molecule is COc1ccc(-c2cc(=Nc3cccc(C(=O)[O-])c3)c3cc(C)ccc3o2)cc1. The van der Waals surface area contributed by atoms with Crippen LogP contribution in [-0.2, 0) is 0 Å². The van der Waals surface area contributed by atoms with E-state index in [1.54, 1.807) is 19.2 Å². The highest BCUT2D eigenvalue weighted by molar-refractivity contribution is 5.87. The molecule has 0 aliphatic rings. The lowest BCUT2D eigenvalue weighted by molar-refractivity contribution is -0.255. The maximum atomic E-state index is 11.2. The van der Waals surface area contributed by atoms with Crippen molar-refractivity contribution in [2.45, 2.75) is 6.92 Å². The number of ether oxygens (including phenoxy) is 1. The summed E-state index contributed by atoms with van der Waals surface area (Å²) in [6, 6.07) is 21.7. The Kier molecular flexibility index (Phi) is 4.87. The number of aromatic carboxylic acids is 1. The molecule has 0 saturated carbocycles. The van der Waals surface area contributed by atoms with Crippen LogP contribution in [0.1, 0.15) is 15.9 Å². The van der Waals surface area contributed by atoms with E-state index in [1.807, 2.05) is 55.5 Å². The van der Waals surface area contributed by atoms with Crippen LogP contribution in [0.25, 0.3) is 22.3 Å². The van der Waals surface area contributed by atoms with Gasteiger partial charge >= 0.3 is 0 Å². The minimum atomic E-state index is -1.23. The lowest BCUT2D eigenvalue weighted by Gasteiger charge is -2.07. The summed E-state index contributed by atoms with van der Waals surface area (Å²) in [5.74, 6) is 0.178. The summed E-state index contributed by atoms with van der Waals surface area (Å²) in [4.78, 5) is 15.9. The molecule has 0 spiro atoms. The zero-order chi connectivity index (χ0) is 20.4. The number of aryl methyl sites for hydroxylation is 1. The predicted molar refractivity (Wildman–Crippen MR) is 109 cm³/mol. The van der Waals surface area contributed by atoms with Gasteiger partial charge in [-0.25, -0.2) is 4.99 Å². The van der Waals surface area contributed by atoms with Gasteiger partial charge in [0.2, 0.25) is 0 Å². The lowest BCUT2D eigenvalue weighted by atomic mass is 10.1. The zero-order valence-electron chi connectivity index (χ0n) is 16.0. The van der Waals surface area contributed by atoms with Crippen molar-refractivity contribution in [2.75, 3.05) is 7.11 Å². The summed E-state index contributed by atoms with van der Waals surface area (Å²) in [6.45, 7) is 2.00. The van der Waals surface area contributed by atoms with Gasteiger partial charge in [-0.1, -0.05) is 23.8 Å². The Balaban J connectivity index is 1.94. The Morgan fingerprint density at radius 1 is 1.00 bits per heavy atom. The van der Waals surface area contributed by atoms with Gasteiger partial charge in [0, 0.05) is 17.0 Å². The number of hydrogen-bond donors (Lipinski definition) is 0. The number of methoxy groups -OCH3 is 1. The van der Waals surface area contributed by atoms with Crippen LogP contribution in [0.4, 0.5) is 5.69 Å². The van der Waals surface area contributed by atoms with Gasteiger partial charge < -0.3 is 19.1 Å². The predicted octanol–water partition coefficient (Wildman–Crippen LogP) is 4.01. The van der Waals surface area contributed by atoms with Crippen LogP contribution in [-0.4, -0.2) is 13.1 Å². The number of nitrogens with zero attached hydrogens (tertiary/aromatic N) is 1. The minimum absolute atomic E-state index is 0.0859. The highest BCUT2D eigenvalue weighted by atomic mass is 16.5. The van der Waals surface area contributed by atoms with Crippen LogP contribution in [0.2, 0.25) is 0 Å². The first-order chi connectivity index (χ1) is 14.0. The smallest absolute Gasteiger partial charge is 0.136 e. The van der Waals surface area contributed by atoms with Crippen LogP contribution in [0.3, 0.4) is 0 Å². The number of fused-ring (bicyclic) bond motifs is 1. The Morgan fingerprint density at radius 2 is 1.79 bits per heavy atom. The van der Waals surface area contributed by atoms with E-state index < -0.39 is 5.97 Å². The Labute approximate surface area is 167 Å². The fourth-order valence-corrected chi connectivity index (χ4v) is 3.11. The standard InChI is InChI=1S/C24H19NO4/c1-15-6-11-22-20(12-15)21(25-18-5-3-4-17(13-18)24(26)27)14-23(29-22)16-7-9-19(28-2)10-8-16/h3-14H,1-2H3,(H,26,27)/p-1. The van der Waals surface area contributed by atoms with Gasteiger partial charge in [-0.2, -0.15) is 0 Å². The van der Waals surface area contributed by atoms with Crippen LogP contribution >= 0.6 is 0 Å². The second-order valence-corrected chi connectivity index (χ2v) is 6.67. The van der Waals surface area contributed by atoms with Crippen molar-refractivity contribution in [3.8, 4) is 17.1 Å². The van der Waals surface area contributed by atoms with E-state index in [1.165, 1.54) is 12.1 Å². The van der Waals surface area contributed by atoms with Crippen LogP contribution in [0.5, 0.6) is 5.75 Å². The van der Waals surface area contributed by atoms with E-state index in [4.69, 9.17) is 14.1 Å². The summed E-state index contributed by atoms with van der Waals surface area (Å²) in [5.41, 5.74) is 3.26. The number of carbonyl (C=O) groups excluding carboxylic acids is 1. The van der Waals surface area contributed by atoms with Gasteiger partial charge in [0.1, 0.15) is 17.1 Å². The second kappa shape index (κ2) is 7.64. The average Bonchev–Trinajstić information content (AvgIpc) is 2.74. The average molecular weight is 384 g/mol. The topological polar surface area (TPSA) is 74.9 Å². The Hall–Kier alpha value is -3.86. The zero-order valence-corrected chi connectivity index (χ0v) is 16.0. The molecule has 0 radical (unpaired) electrons. The molecule has 0 N–H and O–H groups in total. The first kappa shape index (κ1) is 18.5. The van der Waals surface area contributed by atoms with Crippen molar-refractivity contribution < 1.29 is 19.1 Å². The molecule has 0 aliphatic carbocycles. The largest absolute Gasteiger partial charge is 0.545 e. The van der Waals surface area contributed by atoms with Gasteiger partial charge in [0.25, 0.3) is 0 Å². The third-order valence-electron chi connectivity index (χ3n) is 4.60. The number of carbonyl (C=O) groups is 1. The van der Waals surface area contributed by atoms with Gasteiger partial charge in [0.15, 0.2) is 0 Å². The summed E-state index contributed by atoms with van der Waals surface area (Å²) < 4.78 is 11.3. The van der Waals surface area contributed by atoms with Gasteiger partial charge in [-0.3, -0.25) is 0 Å². The molecule has 5 nitrogen and oxygen atoms in total. The monoisotopic (exact) mass is 384 g/mol. The van der Waals surface area contributed by atoms with E-state index in [9.17, 15) is 9.90 Å². The van der Waals surface area contributed by atoms with Crippen molar-refractivity contribution >= 4 is 22.6 Å². The normalized spacial score (nSPS) is 11.6. The molecule has 4 rings (SSSR count). The molecule has 4 aromatic rings. The molecular formula is C24H18NO4-. The number of rotatable bonds is 4. The van der Waals surface area contributed by atoms with Gasteiger partial charge in [0.05, 0.1) is 24.1 Å². The van der Waals surface area contributed by atoms with E-state index in [-0.39, 0.29) is 5.56 Å². The number of benzene rings is 3. The highest BCUT2D eigenvalue weighted by Crippen LogP contribution is 2.25. The van der Waals surface area contributed by atoms with E-state index in [0.29, 0.717) is 22.4 Å². The third kappa shape index (κ3) is 3.89.